The second kappa shape index (κ2) is 11.2. The van der Waals surface area contributed by atoms with Gasteiger partial charge in [0.1, 0.15) is 17.3 Å². The number of hydrogen-bond donors (Lipinski definition) is 2. The fourth-order valence-corrected chi connectivity index (χ4v) is 2.90. The lowest BCUT2D eigenvalue weighted by molar-refractivity contribution is 0.463. The van der Waals surface area contributed by atoms with Gasteiger partial charge < -0.3 is 19.8 Å². The molecule has 0 aliphatic rings. The van der Waals surface area contributed by atoms with Gasteiger partial charge in [-0.15, -0.1) is 24.0 Å². The van der Waals surface area contributed by atoms with Gasteiger partial charge in [0.25, 0.3) is 0 Å². The minimum atomic E-state index is 0. The highest BCUT2D eigenvalue weighted by Gasteiger charge is 2.09. The minimum absolute atomic E-state index is 0. The average Bonchev–Trinajstić information content (AvgIpc) is 3.01. The zero-order valence-electron chi connectivity index (χ0n) is 16.5. The zero-order chi connectivity index (χ0) is 19.9. The lowest BCUT2D eigenvalue weighted by Crippen LogP contribution is -2.36. The second-order valence-corrected chi connectivity index (χ2v) is 7.11. The fourth-order valence-electron chi connectivity index (χ4n) is 2.56. The summed E-state index contributed by atoms with van der Waals surface area (Å²) in [4.78, 5) is 8.62. The van der Waals surface area contributed by atoms with E-state index in [4.69, 9.17) is 9.15 Å². The van der Waals surface area contributed by atoms with E-state index in [0.29, 0.717) is 24.9 Å². The van der Waals surface area contributed by atoms with Crippen LogP contribution in [0.1, 0.15) is 22.9 Å². The highest BCUT2D eigenvalue weighted by atomic mass is 127. The van der Waals surface area contributed by atoms with Gasteiger partial charge in [0, 0.05) is 23.6 Å². The molecule has 3 aromatic rings. The van der Waals surface area contributed by atoms with E-state index in [1.807, 2.05) is 62.4 Å². The van der Waals surface area contributed by atoms with Crippen LogP contribution in [0, 0.1) is 13.8 Å². The van der Waals surface area contributed by atoms with E-state index >= 15 is 0 Å². The highest BCUT2D eigenvalue weighted by molar-refractivity contribution is 14.0. The molecule has 2 aromatic carbocycles. The van der Waals surface area contributed by atoms with E-state index < -0.39 is 0 Å². The first-order valence-corrected chi connectivity index (χ1v) is 9.73. The molecule has 0 aliphatic heterocycles. The van der Waals surface area contributed by atoms with E-state index in [0.717, 1.165) is 33.0 Å². The first-order chi connectivity index (χ1) is 13.5. The van der Waals surface area contributed by atoms with E-state index in [1.165, 1.54) is 0 Å². The number of rotatable bonds is 6. The van der Waals surface area contributed by atoms with Crippen molar-refractivity contribution in [1.82, 2.24) is 15.6 Å². The predicted molar refractivity (Wildman–Crippen MR) is 129 cm³/mol. The standard InChI is InChI=1S/C21H23BrN4O2.HI/c1-14-15(2)27-20(26-14)13-25-21(23-3)24-12-16-9-10-17(22)11-19(16)28-18-7-5-4-6-8-18;/h4-11H,12-13H2,1-3H3,(H2,23,24,25);1H. The SMILES string of the molecule is CN=C(NCc1nc(C)c(C)o1)NCc1ccc(Br)cc1Oc1ccccc1.I. The molecule has 0 atom stereocenters. The van der Waals surface area contributed by atoms with Crippen molar-refractivity contribution in [2.75, 3.05) is 7.05 Å². The topological polar surface area (TPSA) is 71.7 Å². The number of para-hydroxylation sites is 1. The Labute approximate surface area is 196 Å². The van der Waals surface area contributed by atoms with Crippen molar-refractivity contribution in [1.29, 1.82) is 0 Å². The third-order valence-corrected chi connectivity index (χ3v) is 4.64. The summed E-state index contributed by atoms with van der Waals surface area (Å²) in [5, 5.41) is 6.51. The Morgan fingerprint density at radius 3 is 2.48 bits per heavy atom. The van der Waals surface area contributed by atoms with Crippen molar-refractivity contribution in [2.24, 2.45) is 4.99 Å². The fraction of sp³-hybridized carbons (Fsp3) is 0.238. The molecule has 0 bridgehead atoms. The van der Waals surface area contributed by atoms with Crippen LogP contribution in [-0.2, 0) is 13.1 Å². The normalized spacial score (nSPS) is 11.0. The summed E-state index contributed by atoms with van der Waals surface area (Å²) in [7, 11) is 1.73. The number of oxazole rings is 1. The van der Waals surface area contributed by atoms with Gasteiger partial charge in [0.15, 0.2) is 5.96 Å². The van der Waals surface area contributed by atoms with E-state index in [2.05, 4.69) is 36.5 Å². The number of aryl methyl sites for hydroxylation is 2. The summed E-state index contributed by atoms with van der Waals surface area (Å²) in [6, 6.07) is 15.7. The third kappa shape index (κ3) is 6.74. The summed E-state index contributed by atoms with van der Waals surface area (Å²) in [6.07, 6.45) is 0. The Kier molecular flexibility index (Phi) is 8.97. The number of benzene rings is 2. The smallest absolute Gasteiger partial charge is 0.214 e. The van der Waals surface area contributed by atoms with Crippen LogP contribution in [0.5, 0.6) is 11.5 Å². The lowest BCUT2D eigenvalue weighted by Gasteiger charge is -2.14. The van der Waals surface area contributed by atoms with Crippen LogP contribution in [0.2, 0.25) is 0 Å². The number of hydrogen-bond acceptors (Lipinski definition) is 4. The van der Waals surface area contributed by atoms with Gasteiger partial charge in [-0.05, 0) is 38.1 Å². The third-order valence-electron chi connectivity index (χ3n) is 4.15. The Hall–Kier alpha value is -2.07. The summed E-state index contributed by atoms with van der Waals surface area (Å²) in [5.41, 5.74) is 1.91. The number of ether oxygens (including phenoxy) is 1. The number of halogens is 2. The number of aromatic nitrogens is 1. The molecule has 154 valence electrons. The van der Waals surface area contributed by atoms with Crippen LogP contribution < -0.4 is 15.4 Å². The number of nitrogens with zero attached hydrogens (tertiary/aromatic N) is 2. The summed E-state index contributed by atoms with van der Waals surface area (Å²) in [6.45, 7) is 4.85. The molecular formula is C21H24BrIN4O2. The number of guanidine groups is 1. The van der Waals surface area contributed by atoms with Crippen LogP contribution in [-0.4, -0.2) is 18.0 Å². The molecule has 3 rings (SSSR count). The van der Waals surface area contributed by atoms with Crippen molar-refractivity contribution >= 4 is 45.9 Å². The second-order valence-electron chi connectivity index (χ2n) is 6.20. The first kappa shape index (κ1) is 23.2. The summed E-state index contributed by atoms with van der Waals surface area (Å²) < 4.78 is 12.6. The maximum absolute atomic E-state index is 6.05. The molecule has 6 nitrogen and oxygen atoms in total. The first-order valence-electron chi connectivity index (χ1n) is 8.94. The number of aliphatic imine (C=N–C) groups is 1. The molecule has 0 amide bonds. The van der Waals surface area contributed by atoms with Gasteiger partial charge in [0.2, 0.25) is 5.89 Å². The van der Waals surface area contributed by atoms with Gasteiger partial charge in [-0.3, -0.25) is 4.99 Å². The van der Waals surface area contributed by atoms with Crippen LogP contribution in [0.25, 0.3) is 0 Å². The van der Waals surface area contributed by atoms with Crippen LogP contribution in [0.3, 0.4) is 0 Å². The molecule has 0 saturated carbocycles. The van der Waals surface area contributed by atoms with E-state index in [-0.39, 0.29) is 24.0 Å². The Morgan fingerprint density at radius 2 is 1.83 bits per heavy atom. The quantitative estimate of drug-likeness (QED) is 0.238. The van der Waals surface area contributed by atoms with E-state index in [9.17, 15) is 0 Å². The zero-order valence-corrected chi connectivity index (χ0v) is 20.4. The molecule has 2 N–H and O–H groups in total. The molecular weight excluding hydrogens is 547 g/mol. The van der Waals surface area contributed by atoms with Gasteiger partial charge >= 0.3 is 0 Å². The van der Waals surface area contributed by atoms with Gasteiger partial charge in [-0.2, -0.15) is 0 Å². The minimum Gasteiger partial charge on any atom is -0.457 e. The molecule has 0 aliphatic carbocycles. The lowest BCUT2D eigenvalue weighted by atomic mass is 10.2. The molecule has 1 aromatic heterocycles. The largest absolute Gasteiger partial charge is 0.457 e. The molecule has 0 unspecified atom stereocenters. The van der Waals surface area contributed by atoms with Crippen molar-refractivity contribution < 1.29 is 9.15 Å². The molecule has 0 fully saturated rings. The molecule has 1 heterocycles. The number of nitrogens with one attached hydrogen (secondary N) is 2. The van der Waals surface area contributed by atoms with Gasteiger partial charge in [-0.25, -0.2) is 4.98 Å². The Bertz CT molecular complexity index is 941. The maximum Gasteiger partial charge on any atom is 0.214 e. The van der Waals surface area contributed by atoms with Crippen LogP contribution >= 0.6 is 39.9 Å². The van der Waals surface area contributed by atoms with Crippen molar-refractivity contribution in [3.63, 3.8) is 0 Å². The van der Waals surface area contributed by atoms with Gasteiger partial charge in [-0.1, -0.05) is 40.2 Å². The predicted octanol–water partition coefficient (Wildman–Crippen LogP) is 5.33. The Morgan fingerprint density at radius 1 is 1.10 bits per heavy atom. The average molecular weight is 571 g/mol. The maximum atomic E-state index is 6.05. The van der Waals surface area contributed by atoms with Crippen molar-refractivity contribution in [3.8, 4) is 11.5 Å². The highest BCUT2D eigenvalue weighted by Crippen LogP contribution is 2.28. The van der Waals surface area contributed by atoms with Crippen LogP contribution in [0.15, 0.2) is 62.4 Å². The summed E-state index contributed by atoms with van der Waals surface area (Å²) >= 11 is 3.51. The van der Waals surface area contributed by atoms with Crippen molar-refractivity contribution in [2.45, 2.75) is 26.9 Å². The molecule has 0 spiro atoms. The van der Waals surface area contributed by atoms with Crippen molar-refractivity contribution in [3.05, 3.63) is 75.9 Å². The summed E-state index contributed by atoms with van der Waals surface area (Å²) in [5.74, 6) is 3.69. The molecule has 8 heteroatoms. The molecule has 29 heavy (non-hydrogen) atoms. The van der Waals surface area contributed by atoms with E-state index in [1.54, 1.807) is 7.05 Å². The monoisotopic (exact) mass is 570 g/mol. The van der Waals surface area contributed by atoms with Crippen LogP contribution in [0.4, 0.5) is 0 Å². The molecule has 0 saturated heterocycles. The Balaban J connectivity index is 0.00000300. The van der Waals surface area contributed by atoms with Gasteiger partial charge in [0.05, 0.1) is 12.2 Å². The molecule has 0 radical (unpaired) electrons.